The van der Waals surface area contributed by atoms with Crippen molar-refractivity contribution in [3.8, 4) is 17.1 Å². The molecule has 2 fully saturated rings. The fraction of sp³-hybridized carbons (Fsp3) is 0.600. The van der Waals surface area contributed by atoms with Gasteiger partial charge >= 0.3 is 0 Å². The van der Waals surface area contributed by atoms with Gasteiger partial charge in [-0.15, -0.1) is 0 Å². The lowest BCUT2D eigenvalue weighted by atomic mass is 9.92. The molecule has 1 aliphatic carbocycles. The van der Waals surface area contributed by atoms with E-state index in [2.05, 4.69) is 60.0 Å². The van der Waals surface area contributed by atoms with E-state index in [4.69, 9.17) is 4.74 Å². The van der Waals surface area contributed by atoms with Gasteiger partial charge in [-0.2, -0.15) is 5.10 Å². The van der Waals surface area contributed by atoms with Crippen LogP contribution in [0.1, 0.15) is 57.2 Å². The summed E-state index contributed by atoms with van der Waals surface area (Å²) >= 11 is 0. The summed E-state index contributed by atoms with van der Waals surface area (Å²) in [6.45, 7) is 8.64. The SMILES string of the molecule is CN1CCC(Oc2cc(-c3cc(C(C)(C)C)[nH]n3)ncc2C2CC2)C1. The van der Waals surface area contributed by atoms with Crippen molar-refractivity contribution in [3.63, 3.8) is 0 Å². The first-order chi connectivity index (χ1) is 11.9. The average Bonchev–Trinajstić information content (AvgIpc) is 3.10. The number of nitrogens with one attached hydrogen (secondary N) is 1. The summed E-state index contributed by atoms with van der Waals surface area (Å²) < 4.78 is 6.39. The van der Waals surface area contributed by atoms with Gasteiger partial charge in [0.25, 0.3) is 0 Å². The van der Waals surface area contributed by atoms with Crippen LogP contribution in [0.25, 0.3) is 11.4 Å². The number of likely N-dealkylation sites (tertiary alicyclic amines) is 1. The van der Waals surface area contributed by atoms with Crippen molar-refractivity contribution >= 4 is 0 Å². The molecule has 0 amide bonds. The molecule has 1 aliphatic heterocycles. The largest absolute Gasteiger partial charge is 0.489 e. The quantitative estimate of drug-likeness (QED) is 0.921. The smallest absolute Gasteiger partial charge is 0.127 e. The molecule has 2 aromatic heterocycles. The van der Waals surface area contributed by atoms with Crippen molar-refractivity contribution in [2.75, 3.05) is 20.1 Å². The molecule has 25 heavy (non-hydrogen) atoms. The highest BCUT2D eigenvalue weighted by Gasteiger charge is 2.30. The van der Waals surface area contributed by atoms with Gasteiger partial charge in [0.2, 0.25) is 0 Å². The van der Waals surface area contributed by atoms with E-state index < -0.39 is 0 Å². The molecule has 1 N–H and O–H groups in total. The molecule has 1 saturated carbocycles. The second-order valence-electron chi connectivity index (χ2n) is 8.59. The third-order valence-corrected chi connectivity index (χ3v) is 5.20. The first-order valence-electron chi connectivity index (χ1n) is 9.31. The number of hydrogen-bond acceptors (Lipinski definition) is 4. The van der Waals surface area contributed by atoms with E-state index in [1.54, 1.807) is 0 Å². The molecule has 4 rings (SSSR count). The molecule has 134 valence electrons. The predicted molar refractivity (Wildman–Crippen MR) is 99.0 cm³/mol. The van der Waals surface area contributed by atoms with Gasteiger partial charge in [0.05, 0.1) is 5.69 Å². The minimum atomic E-state index is 0.0486. The summed E-state index contributed by atoms with van der Waals surface area (Å²) in [6.07, 6.45) is 5.88. The van der Waals surface area contributed by atoms with E-state index in [1.165, 1.54) is 18.4 Å². The molecule has 0 radical (unpaired) electrons. The van der Waals surface area contributed by atoms with E-state index >= 15 is 0 Å². The lowest BCUT2D eigenvalue weighted by Crippen LogP contribution is -2.22. The molecule has 0 bridgehead atoms. The highest BCUT2D eigenvalue weighted by molar-refractivity contribution is 5.58. The molecular formula is C20H28N4O. The van der Waals surface area contributed by atoms with E-state index in [0.29, 0.717) is 5.92 Å². The summed E-state index contributed by atoms with van der Waals surface area (Å²) in [7, 11) is 2.15. The summed E-state index contributed by atoms with van der Waals surface area (Å²) in [5, 5.41) is 7.63. The van der Waals surface area contributed by atoms with Crippen molar-refractivity contribution < 1.29 is 4.74 Å². The maximum Gasteiger partial charge on any atom is 0.127 e. The van der Waals surface area contributed by atoms with E-state index in [1.807, 2.05) is 6.20 Å². The standard InChI is InChI=1S/C20H28N4O/c1-20(2,3)19-10-17(22-23-19)16-9-18(15(11-21-16)13-5-6-13)25-14-7-8-24(4)12-14/h9-11,13-14H,5-8,12H2,1-4H3,(H,22,23). The Hall–Kier alpha value is -1.88. The van der Waals surface area contributed by atoms with Crippen molar-refractivity contribution in [2.24, 2.45) is 0 Å². The Morgan fingerprint density at radius 1 is 1.16 bits per heavy atom. The molecule has 1 unspecified atom stereocenters. The number of ether oxygens (including phenoxy) is 1. The molecule has 3 heterocycles. The first kappa shape index (κ1) is 16.6. The summed E-state index contributed by atoms with van der Waals surface area (Å²) in [6, 6.07) is 4.20. The number of H-pyrrole nitrogens is 1. The zero-order valence-electron chi connectivity index (χ0n) is 15.7. The number of hydrogen-bond donors (Lipinski definition) is 1. The molecule has 0 spiro atoms. The van der Waals surface area contributed by atoms with E-state index in [-0.39, 0.29) is 11.5 Å². The van der Waals surface area contributed by atoms with E-state index in [9.17, 15) is 0 Å². The van der Waals surface area contributed by atoms with Crippen LogP contribution in [-0.2, 0) is 5.41 Å². The van der Waals surface area contributed by atoms with Crippen LogP contribution in [0.5, 0.6) is 5.75 Å². The van der Waals surface area contributed by atoms with Crippen LogP contribution in [0.4, 0.5) is 0 Å². The van der Waals surface area contributed by atoms with Gasteiger partial charge in [-0.25, -0.2) is 0 Å². The number of nitrogens with zero attached hydrogens (tertiary/aromatic N) is 3. The van der Waals surface area contributed by atoms with Crippen LogP contribution in [-0.4, -0.2) is 46.3 Å². The summed E-state index contributed by atoms with van der Waals surface area (Å²) in [5.41, 5.74) is 4.21. The third kappa shape index (κ3) is 3.56. The highest BCUT2D eigenvalue weighted by atomic mass is 16.5. The summed E-state index contributed by atoms with van der Waals surface area (Å²) in [4.78, 5) is 7.01. The van der Waals surface area contributed by atoms with Gasteiger partial charge in [-0.1, -0.05) is 20.8 Å². The Bertz CT molecular complexity index is 757. The molecule has 1 saturated heterocycles. The normalized spacial score (nSPS) is 21.7. The Morgan fingerprint density at radius 3 is 2.56 bits per heavy atom. The molecule has 0 aromatic carbocycles. The maximum atomic E-state index is 6.39. The van der Waals surface area contributed by atoms with E-state index in [0.717, 1.165) is 42.3 Å². The van der Waals surface area contributed by atoms with Crippen molar-refractivity contribution in [3.05, 3.63) is 29.6 Å². The lowest BCUT2D eigenvalue weighted by molar-refractivity contribution is 0.206. The van der Waals surface area contributed by atoms with Crippen LogP contribution >= 0.6 is 0 Å². The molecular weight excluding hydrogens is 312 g/mol. The van der Waals surface area contributed by atoms with Gasteiger partial charge in [0, 0.05) is 42.0 Å². The highest BCUT2D eigenvalue weighted by Crippen LogP contribution is 2.45. The molecule has 2 aliphatic rings. The predicted octanol–water partition coefficient (Wildman–Crippen LogP) is 3.73. The number of likely N-dealkylation sites (N-methyl/N-ethyl adjacent to an activating group) is 1. The zero-order valence-corrected chi connectivity index (χ0v) is 15.7. The number of rotatable bonds is 4. The second kappa shape index (κ2) is 6.13. The molecule has 5 heteroatoms. The minimum Gasteiger partial charge on any atom is -0.489 e. The van der Waals surface area contributed by atoms with Crippen LogP contribution in [0.15, 0.2) is 18.3 Å². The Labute approximate surface area is 149 Å². The Morgan fingerprint density at radius 2 is 1.96 bits per heavy atom. The molecule has 5 nitrogen and oxygen atoms in total. The molecule has 2 aromatic rings. The topological polar surface area (TPSA) is 54.0 Å². The third-order valence-electron chi connectivity index (χ3n) is 5.20. The Balaban J connectivity index is 1.63. The maximum absolute atomic E-state index is 6.39. The Kier molecular flexibility index (Phi) is 4.07. The lowest BCUT2D eigenvalue weighted by Gasteiger charge is -2.17. The summed E-state index contributed by atoms with van der Waals surface area (Å²) in [5.74, 6) is 1.63. The monoisotopic (exact) mass is 340 g/mol. The second-order valence-corrected chi connectivity index (χ2v) is 8.59. The zero-order chi connectivity index (χ0) is 17.6. The molecule has 1 atom stereocenters. The fourth-order valence-electron chi connectivity index (χ4n) is 3.40. The van der Waals surface area contributed by atoms with Crippen LogP contribution in [0.2, 0.25) is 0 Å². The van der Waals surface area contributed by atoms with Gasteiger partial charge in [0.15, 0.2) is 0 Å². The van der Waals surface area contributed by atoms with Crippen LogP contribution in [0, 0.1) is 0 Å². The van der Waals surface area contributed by atoms with Gasteiger partial charge in [-0.3, -0.25) is 10.1 Å². The number of aromatic amines is 1. The van der Waals surface area contributed by atoms with Gasteiger partial charge in [0.1, 0.15) is 17.5 Å². The average molecular weight is 340 g/mol. The fourth-order valence-corrected chi connectivity index (χ4v) is 3.40. The number of aromatic nitrogens is 3. The van der Waals surface area contributed by atoms with Crippen molar-refractivity contribution in [2.45, 2.75) is 57.5 Å². The van der Waals surface area contributed by atoms with Crippen molar-refractivity contribution in [1.82, 2.24) is 20.1 Å². The van der Waals surface area contributed by atoms with Gasteiger partial charge < -0.3 is 9.64 Å². The number of pyridine rings is 1. The van der Waals surface area contributed by atoms with Crippen LogP contribution in [0.3, 0.4) is 0 Å². The minimum absolute atomic E-state index is 0.0486. The van der Waals surface area contributed by atoms with Crippen LogP contribution < -0.4 is 4.74 Å². The van der Waals surface area contributed by atoms with Gasteiger partial charge in [-0.05, 0) is 38.3 Å². The first-order valence-corrected chi connectivity index (χ1v) is 9.31. The van der Waals surface area contributed by atoms with Crippen molar-refractivity contribution in [1.29, 1.82) is 0 Å².